The zero-order chi connectivity index (χ0) is 11.3. The molecule has 1 aromatic carbocycles. The van der Waals surface area contributed by atoms with Crippen LogP contribution in [-0.4, -0.2) is 24.9 Å². The topological polar surface area (TPSA) is 67.5 Å². The number of methoxy groups -OCH3 is 1. The van der Waals surface area contributed by atoms with Crippen LogP contribution in [0, 0.1) is 0 Å². The first-order valence-corrected chi connectivity index (χ1v) is 4.98. The average molecular weight is 210 g/mol. The summed E-state index contributed by atoms with van der Waals surface area (Å²) in [6.07, 6.45) is 0.691. The molecule has 0 aromatic heterocycles. The summed E-state index contributed by atoms with van der Waals surface area (Å²) in [6, 6.07) is 5.65. The van der Waals surface area contributed by atoms with E-state index in [1.807, 2.05) is 19.1 Å². The Morgan fingerprint density at radius 1 is 1.53 bits per heavy atom. The predicted octanol–water partition coefficient (Wildman–Crippen LogP) is 1.46. The van der Waals surface area contributed by atoms with Gasteiger partial charge in [0.15, 0.2) is 0 Å². The van der Waals surface area contributed by atoms with Gasteiger partial charge in [-0.3, -0.25) is 0 Å². The fourth-order valence-electron chi connectivity index (χ4n) is 1.32. The van der Waals surface area contributed by atoms with Gasteiger partial charge in [-0.2, -0.15) is 0 Å². The summed E-state index contributed by atoms with van der Waals surface area (Å²) in [5, 5.41) is 12.0. The van der Waals surface area contributed by atoms with E-state index in [0.29, 0.717) is 12.1 Å². The first-order valence-electron chi connectivity index (χ1n) is 4.98. The van der Waals surface area contributed by atoms with E-state index in [1.54, 1.807) is 13.2 Å². The third-order valence-electron chi connectivity index (χ3n) is 2.22. The number of hydrogen-bond donors (Lipinski definition) is 3. The summed E-state index contributed by atoms with van der Waals surface area (Å²) in [5.41, 5.74) is 7.33. The summed E-state index contributed by atoms with van der Waals surface area (Å²) >= 11 is 0. The number of nitrogens with one attached hydrogen (secondary N) is 1. The monoisotopic (exact) mass is 210 g/mol. The normalized spacial score (nSPS) is 12.2. The third kappa shape index (κ3) is 3.32. The van der Waals surface area contributed by atoms with Gasteiger partial charge >= 0.3 is 0 Å². The predicted molar refractivity (Wildman–Crippen MR) is 62.2 cm³/mol. The summed E-state index contributed by atoms with van der Waals surface area (Å²) in [7, 11) is 1.62. The Morgan fingerprint density at radius 3 is 2.87 bits per heavy atom. The lowest BCUT2D eigenvalue weighted by atomic mass is 10.2. The molecule has 15 heavy (non-hydrogen) atoms. The Labute approximate surface area is 90.1 Å². The number of benzene rings is 1. The minimum absolute atomic E-state index is 0.165. The Hall–Kier alpha value is -1.42. The summed E-state index contributed by atoms with van der Waals surface area (Å²) in [4.78, 5) is 0. The van der Waals surface area contributed by atoms with Gasteiger partial charge in [-0.05, 0) is 25.5 Å². The Morgan fingerprint density at radius 2 is 2.27 bits per heavy atom. The van der Waals surface area contributed by atoms with Crippen molar-refractivity contribution in [2.75, 3.05) is 24.8 Å². The largest absolute Gasteiger partial charge is 0.497 e. The van der Waals surface area contributed by atoms with Crippen LogP contribution in [0.2, 0.25) is 0 Å². The second-order valence-electron chi connectivity index (χ2n) is 3.51. The molecule has 0 bridgehead atoms. The maximum atomic E-state index is 8.79. The van der Waals surface area contributed by atoms with Crippen molar-refractivity contribution in [1.82, 2.24) is 0 Å². The molecule has 1 rings (SSSR count). The second-order valence-corrected chi connectivity index (χ2v) is 3.51. The lowest BCUT2D eigenvalue weighted by molar-refractivity contribution is 0.282. The van der Waals surface area contributed by atoms with E-state index in [9.17, 15) is 0 Å². The van der Waals surface area contributed by atoms with Gasteiger partial charge in [0.25, 0.3) is 0 Å². The standard InChI is InChI=1S/C11H18N2O2/c1-8(5-6-14)13-11-7-9(15-2)3-4-10(11)12/h3-4,7-8,13-14H,5-6,12H2,1-2H3. The summed E-state index contributed by atoms with van der Waals surface area (Å²) in [5.74, 6) is 0.767. The van der Waals surface area contributed by atoms with Gasteiger partial charge in [0.05, 0.1) is 18.5 Å². The Bertz CT molecular complexity index is 315. The quantitative estimate of drug-likeness (QED) is 0.644. The van der Waals surface area contributed by atoms with Crippen LogP contribution in [0.3, 0.4) is 0 Å². The van der Waals surface area contributed by atoms with Crippen LogP contribution in [0.1, 0.15) is 13.3 Å². The zero-order valence-corrected chi connectivity index (χ0v) is 9.16. The van der Waals surface area contributed by atoms with Crippen LogP contribution in [-0.2, 0) is 0 Å². The molecule has 4 heteroatoms. The van der Waals surface area contributed by atoms with Crippen molar-refractivity contribution < 1.29 is 9.84 Å². The number of ether oxygens (including phenoxy) is 1. The molecule has 0 spiro atoms. The molecule has 0 radical (unpaired) electrons. The molecule has 1 unspecified atom stereocenters. The Balaban J connectivity index is 2.74. The molecule has 0 saturated carbocycles. The van der Waals surface area contributed by atoms with Gasteiger partial charge in [0.2, 0.25) is 0 Å². The molecule has 0 aliphatic rings. The molecule has 0 saturated heterocycles. The van der Waals surface area contributed by atoms with Crippen molar-refractivity contribution in [1.29, 1.82) is 0 Å². The number of aliphatic hydroxyl groups is 1. The van der Waals surface area contributed by atoms with Crippen molar-refractivity contribution in [3.8, 4) is 5.75 Å². The highest BCUT2D eigenvalue weighted by Gasteiger charge is 2.05. The zero-order valence-electron chi connectivity index (χ0n) is 9.16. The third-order valence-corrected chi connectivity index (χ3v) is 2.22. The molecule has 4 nitrogen and oxygen atoms in total. The van der Waals surface area contributed by atoms with Gasteiger partial charge in [-0.25, -0.2) is 0 Å². The van der Waals surface area contributed by atoms with Crippen LogP contribution in [0.15, 0.2) is 18.2 Å². The van der Waals surface area contributed by atoms with Crippen molar-refractivity contribution in [3.63, 3.8) is 0 Å². The van der Waals surface area contributed by atoms with E-state index in [0.717, 1.165) is 11.4 Å². The van der Waals surface area contributed by atoms with E-state index in [-0.39, 0.29) is 12.6 Å². The molecule has 0 aliphatic carbocycles. The number of aliphatic hydroxyl groups excluding tert-OH is 1. The van der Waals surface area contributed by atoms with Crippen LogP contribution >= 0.6 is 0 Å². The number of hydrogen-bond acceptors (Lipinski definition) is 4. The molecule has 4 N–H and O–H groups in total. The SMILES string of the molecule is COc1ccc(N)c(NC(C)CCO)c1. The number of nitrogen functional groups attached to an aromatic ring is 1. The molecule has 0 heterocycles. The van der Waals surface area contributed by atoms with Crippen molar-refractivity contribution >= 4 is 11.4 Å². The maximum absolute atomic E-state index is 8.79. The molecular weight excluding hydrogens is 192 g/mol. The Kier molecular flexibility index (Phi) is 4.24. The molecule has 84 valence electrons. The number of anilines is 2. The highest BCUT2D eigenvalue weighted by molar-refractivity contribution is 5.68. The maximum Gasteiger partial charge on any atom is 0.121 e. The van der Waals surface area contributed by atoms with Gasteiger partial charge in [-0.1, -0.05) is 0 Å². The van der Waals surface area contributed by atoms with Crippen molar-refractivity contribution in [2.24, 2.45) is 0 Å². The van der Waals surface area contributed by atoms with E-state index in [1.165, 1.54) is 0 Å². The van der Waals surface area contributed by atoms with Gasteiger partial charge in [0.1, 0.15) is 5.75 Å². The van der Waals surface area contributed by atoms with E-state index < -0.39 is 0 Å². The van der Waals surface area contributed by atoms with Crippen LogP contribution in [0.25, 0.3) is 0 Å². The molecular formula is C11H18N2O2. The first kappa shape index (κ1) is 11.7. The molecule has 1 aromatic rings. The van der Waals surface area contributed by atoms with Gasteiger partial charge < -0.3 is 20.9 Å². The highest BCUT2D eigenvalue weighted by atomic mass is 16.5. The number of rotatable bonds is 5. The smallest absolute Gasteiger partial charge is 0.121 e. The van der Waals surface area contributed by atoms with Crippen molar-refractivity contribution in [2.45, 2.75) is 19.4 Å². The van der Waals surface area contributed by atoms with Gasteiger partial charge in [0, 0.05) is 18.7 Å². The van der Waals surface area contributed by atoms with Crippen LogP contribution in [0.5, 0.6) is 5.75 Å². The number of nitrogens with two attached hydrogens (primary N) is 1. The van der Waals surface area contributed by atoms with E-state index >= 15 is 0 Å². The second kappa shape index (κ2) is 5.46. The summed E-state index contributed by atoms with van der Waals surface area (Å²) < 4.78 is 5.11. The lowest BCUT2D eigenvalue weighted by Crippen LogP contribution is -2.17. The first-order chi connectivity index (χ1) is 7.17. The lowest BCUT2D eigenvalue weighted by Gasteiger charge is -2.16. The van der Waals surface area contributed by atoms with Crippen molar-refractivity contribution in [3.05, 3.63) is 18.2 Å². The molecule has 0 fully saturated rings. The minimum Gasteiger partial charge on any atom is -0.497 e. The van der Waals surface area contributed by atoms with Gasteiger partial charge in [-0.15, -0.1) is 0 Å². The van der Waals surface area contributed by atoms with Crippen LogP contribution in [0.4, 0.5) is 11.4 Å². The molecule has 0 amide bonds. The fraction of sp³-hybridized carbons (Fsp3) is 0.455. The minimum atomic E-state index is 0.165. The molecule has 1 atom stereocenters. The average Bonchev–Trinajstić information content (AvgIpc) is 2.21. The summed E-state index contributed by atoms with van der Waals surface area (Å²) in [6.45, 7) is 2.16. The fourth-order valence-corrected chi connectivity index (χ4v) is 1.32. The highest BCUT2D eigenvalue weighted by Crippen LogP contribution is 2.25. The van der Waals surface area contributed by atoms with E-state index in [2.05, 4.69) is 5.32 Å². The molecule has 0 aliphatic heterocycles. The van der Waals surface area contributed by atoms with E-state index in [4.69, 9.17) is 15.6 Å². The van der Waals surface area contributed by atoms with Crippen LogP contribution < -0.4 is 15.8 Å².